The Labute approximate surface area is 155 Å². The average Bonchev–Trinajstić information content (AvgIpc) is 2.68. The molecule has 4 nitrogen and oxygen atoms in total. The fourth-order valence-corrected chi connectivity index (χ4v) is 3.72. The summed E-state index contributed by atoms with van der Waals surface area (Å²) in [6.07, 6.45) is 4.69. The summed E-state index contributed by atoms with van der Waals surface area (Å²) in [5.41, 5.74) is 0.506. The van der Waals surface area contributed by atoms with E-state index in [9.17, 15) is 10.1 Å². The summed E-state index contributed by atoms with van der Waals surface area (Å²) in [4.78, 5) is 14.8. The topological polar surface area (TPSA) is 56.1 Å². The number of nitrogens with one attached hydrogen (secondary N) is 1. The maximum Gasteiger partial charge on any atom is 0.238 e. The van der Waals surface area contributed by atoms with Crippen LogP contribution in [0.2, 0.25) is 0 Å². The number of likely N-dealkylation sites (N-methyl/N-ethyl adjacent to an activating group) is 1. The molecule has 0 heterocycles. The molecule has 4 heteroatoms. The third-order valence-corrected chi connectivity index (χ3v) is 5.57. The number of rotatable bonds is 5. The summed E-state index contributed by atoms with van der Waals surface area (Å²) in [6.45, 7) is 2.60. The summed E-state index contributed by atoms with van der Waals surface area (Å²) < 4.78 is 0. The summed E-state index contributed by atoms with van der Waals surface area (Å²) >= 11 is 0. The summed E-state index contributed by atoms with van der Waals surface area (Å²) in [7, 11) is 1.96. The van der Waals surface area contributed by atoms with E-state index in [-0.39, 0.29) is 11.9 Å². The molecule has 1 aliphatic carbocycles. The number of carbonyl (C=O) groups is 1. The van der Waals surface area contributed by atoms with Gasteiger partial charge in [0.25, 0.3) is 0 Å². The van der Waals surface area contributed by atoms with Crippen molar-refractivity contribution in [3.05, 3.63) is 48.0 Å². The molecule has 3 rings (SSSR count). The van der Waals surface area contributed by atoms with Crippen LogP contribution in [-0.4, -0.2) is 29.4 Å². The van der Waals surface area contributed by atoms with Crippen molar-refractivity contribution in [2.75, 3.05) is 7.05 Å². The van der Waals surface area contributed by atoms with Crippen molar-refractivity contribution in [1.29, 1.82) is 5.26 Å². The maximum absolute atomic E-state index is 12.7. The van der Waals surface area contributed by atoms with Gasteiger partial charge in [-0.05, 0) is 49.2 Å². The Morgan fingerprint density at radius 3 is 2.58 bits per heavy atom. The number of benzene rings is 2. The first-order valence-corrected chi connectivity index (χ1v) is 9.44. The molecule has 2 aromatic carbocycles. The van der Waals surface area contributed by atoms with Crippen molar-refractivity contribution in [3.63, 3.8) is 0 Å². The van der Waals surface area contributed by atoms with E-state index < -0.39 is 5.54 Å². The first kappa shape index (κ1) is 18.4. The highest BCUT2D eigenvalue weighted by atomic mass is 16.2. The van der Waals surface area contributed by atoms with Crippen LogP contribution in [0.3, 0.4) is 0 Å². The molecule has 1 aliphatic rings. The molecule has 0 radical (unpaired) electrons. The van der Waals surface area contributed by atoms with Crippen LogP contribution in [0, 0.1) is 11.3 Å². The second-order valence-corrected chi connectivity index (χ2v) is 7.52. The number of hydrogen-bond acceptors (Lipinski definition) is 3. The van der Waals surface area contributed by atoms with E-state index in [1.165, 1.54) is 16.3 Å². The predicted molar refractivity (Wildman–Crippen MR) is 104 cm³/mol. The van der Waals surface area contributed by atoms with Gasteiger partial charge in [0, 0.05) is 6.54 Å². The highest BCUT2D eigenvalue weighted by Crippen LogP contribution is 2.27. The molecule has 1 atom stereocenters. The molecular weight excluding hydrogens is 322 g/mol. The second-order valence-electron chi connectivity index (χ2n) is 7.52. The van der Waals surface area contributed by atoms with Gasteiger partial charge in [0.1, 0.15) is 5.54 Å². The maximum atomic E-state index is 12.7. The monoisotopic (exact) mass is 349 g/mol. The van der Waals surface area contributed by atoms with Crippen LogP contribution in [-0.2, 0) is 11.3 Å². The van der Waals surface area contributed by atoms with Crippen molar-refractivity contribution in [3.8, 4) is 6.07 Å². The molecule has 0 saturated heterocycles. The van der Waals surface area contributed by atoms with Crippen molar-refractivity contribution in [1.82, 2.24) is 10.2 Å². The number of hydrogen-bond donors (Lipinski definition) is 1. The van der Waals surface area contributed by atoms with Gasteiger partial charge in [-0.25, -0.2) is 0 Å². The van der Waals surface area contributed by atoms with Crippen molar-refractivity contribution in [2.45, 2.75) is 57.2 Å². The Balaban J connectivity index is 1.65. The van der Waals surface area contributed by atoms with Gasteiger partial charge in [0.05, 0.1) is 12.1 Å². The van der Waals surface area contributed by atoms with Crippen molar-refractivity contribution >= 4 is 16.7 Å². The zero-order valence-electron chi connectivity index (χ0n) is 15.7. The third-order valence-electron chi connectivity index (χ3n) is 5.57. The lowest BCUT2D eigenvalue weighted by atomic mass is 9.82. The Kier molecular flexibility index (Phi) is 5.58. The van der Waals surface area contributed by atoms with Crippen LogP contribution < -0.4 is 5.32 Å². The van der Waals surface area contributed by atoms with Gasteiger partial charge in [-0.1, -0.05) is 55.7 Å². The molecule has 0 aliphatic heterocycles. The van der Waals surface area contributed by atoms with E-state index in [1.807, 2.05) is 31.0 Å². The van der Waals surface area contributed by atoms with Gasteiger partial charge in [-0.2, -0.15) is 5.26 Å². The summed E-state index contributed by atoms with van der Waals surface area (Å²) in [6, 6.07) is 16.8. The molecular formula is C22H27N3O. The van der Waals surface area contributed by atoms with Crippen LogP contribution in [0.15, 0.2) is 42.5 Å². The number of nitrogens with zero attached hydrogens (tertiary/aromatic N) is 2. The number of nitriles is 1. The van der Waals surface area contributed by atoms with Crippen molar-refractivity contribution < 1.29 is 4.79 Å². The highest BCUT2D eigenvalue weighted by Gasteiger charge is 2.35. The zero-order chi connectivity index (χ0) is 18.6. The number of fused-ring (bicyclic) bond motifs is 1. The normalized spacial score (nSPS) is 17.6. The lowest BCUT2D eigenvalue weighted by Gasteiger charge is -2.34. The van der Waals surface area contributed by atoms with Gasteiger partial charge in [-0.15, -0.1) is 0 Å². The Hall–Kier alpha value is -2.38. The van der Waals surface area contributed by atoms with E-state index in [1.54, 1.807) is 0 Å². The first-order valence-electron chi connectivity index (χ1n) is 9.44. The zero-order valence-corrected chi connectivity index (χ0v) is 15.7. The molecule has 1 fully saturated rings. The molecule has 0 spiro atoms. The second kappa shape index (κ2) is 7.88. The molecule has 2 aromatic rings. The molecule has 136 valence electrons. The Morgan fingerprint density at radius 2 is 1.88 bits per heavy atom. The standard InChI is InChI=1S/C22H27N3O/c1-17(21(26)24-22(16-23)12-6-3-7-13-22)25(2)15-18-10-11-19-8-4-5-9-20(19)14-18/h4-5,8-11,14,17H,3,6-7,12-13,15H2,1-2H3,(H,24,26). The molecule has 1 amide bonds. The van der Waals surface area contributed by atoms with Gasteiger partial charge >= 0.3 is 0 Å². The first-order chi connectivity index (χ1) is 12.5. The molecule has 1 unspecified atom stereocenters. The van der Waals surface area contributed by atoms with E-state index in [4.69, 9.17) is 0 Å². The molecule has 1 N–H and O–H groups in total. The lowest BCUT2D eigenvalue weighted by Crippen LogP contribution is -2.54. The Bertz CT molecular complexity index is 817. The minimum Gasteiger partial charge on any atom is -0.336 e. The SMILES string of the molecule is CC(C(=O)NC1(C#N)CCCCC1)N(C)Cc1ccc2ccccc2c1. The number of carbonyl (C=O) groups excluding carboxylic acids is 1. The summed E-state index contributed by atoms with van der Waals surface area (Å²) in [5, 5.41) is 15.0. The molecule has 0 bridgehead atoms. The van der Waals surface area contributed by atoms with Crippen molar-refractivity contribution in [2.24, 2.45) is 0 Å². The van der Waals surface area contributed by atoms with E-state index in [0.29, 0.717) is 6.54 Å². The lowest BCUT2D eigenvalue weighted by molar-refractivity contribution is -0.127. The largest absolute Gasteiger partial charge is 0.336 e. The van der Waals surface area contributed by atoms with Crippen LogP contribution >= 0.6 is 0 Å². The molecule has 26 heavy (non-hydrogen) atoms. The van der Waals surface area contributed by atoms with Crippen LogP contribution in [0.4, 0.5) is 0 Å². The highest BCUT2D eigenvalue weighted by molar-refractivity contribution is 5.83. The minimum absolute atomic E-state index is 0.0586. The van der Waals surface area contributed by atoms with E-state index in [0.717, 1.165) is 32.1 Å². The summed E-state index contributed by atoms with van der Waals surface area (Å²) in [5.74, 6) is -0.0586. The predicted octanol–water partition coefficient (Wildman–Crippen LogP) is 4.00. The van der Waals surface area contributed by atoms with Gasteiger partial charge < -0.3 is 5.32 Å². The molecule has 1 saturated carbocycles. The number of amides is 1. The van der Waals surface area contributed by atoms with Crippen LogP contribution in [0.25, 0.3) is 10.8 Å². The van der Waals surface area contributed by atoms with Crippen LogP contribution in [0.5, 0.6) is 0 Å². The molecule has 0 aromatic heterocycles. The smallest absolute Gasteiger partial charge is 0.238 e. The fourth-order valence-electron chi connectivity index (χ4n) is 3.72. The van der Waals surface area contributed by atoms with E-state index in [2.05, 4.69) is 41.7 Å². The Morgan fingerprint density at radius 1 is 1.19 bits per heavy atom. The minimum atomic E-state index is -0.673. The fraction of sp³-hybridized carbons (Fsp3) is 0.455. The third kappa shape index (κ3) is 4.05. The van der Waals surface area contributed by atoms with E-state index >= 15 is 0 Å². The quantitative estimate of drug-likeness (QED) is 0.887. The average molecular weight is 349 g/mol. The van der Waals surface area contributed by atoms with Crippen LogP contribution in [0.1, 0.15) is 44.6 Å². The van der Waals surface area contributed by atoms with Gasteiger partial charge in [-0.3, -0.25) is 9.69 Å². The van der Waals surface area contributed by atoms with Gasteiger partial charge in [0.15, 0.2) is 0 Å². The van der Waals surface area contributed by atoms with Gasteiger partial charge in [0.2, 0.25) is 5.91 Å².